The number of rotatable bonds is 2. The minimum atomic E-state index is 0.0419. The van der Waals surface area contributed by atoms with Crippen LogP contribution in [0.5, 0.6) is 0 Å². The SMILES string of the molecule is CN(c1cc2c(cc1N)CC(=O)N2)C1CCOCC1. The second-order valence-corrected chi connectivity index (χ2v) is 5.25. The van der Waals surface area contributed by atoms with Gasteiger partial charge in [0.15, 0.2) is 0 Å². The lowest BCUT2D eigenvalue weighted by atomic mass is 10.0. The van der Waals surface area contributed by atoms with Crippen molar-refractivity contribution in [1.82, 2.24) is 0 Å². The van der Waals surface area contributed by atoms with E-state index in [1.165, 1.54) is 0 Å². The van der Waals surface area contributed by atoms with E-state index in [-0.39, 0.29) is 5.91 Å². The van der Waals surface area contributed by atoms with Crippen LogP contribution >= 0.6 is 0 Å². The molecule has 102 valence electrons. The molecule has 3 rings (SSSR count). The van der Waals surface area contributed by atoms with E-state index in [4.69, 9.17) is 10.5 Å². The molecule has 0 atom stereocenters. The van der Waals surface area contributed by atoms with Crippen LogP contribution in [0, 0.1) is 0 Å². The third-order valence-electron chi connectivity index (χ3n) is 4.00. The van der Waals surface area contributed by atoms with Crippen molar-refractivity contribution in [3.63, 3.8) is 0 Å². The number of benzene rings is 1. The number of fused-ring (bicyclic) bond motifs is 1. The van der Waals surface area contributed by atoms with Gasteiger partial charge in [-0.1, -0.05) is 0 Å². The van der Waals surface area contributed by atoms with Crippen molar-refractivity contribution in [2.75, 3.05) is 36.2 Å². The Hall–Kier alpha value is -1.75. The topological polar surface area (TPSA) is 67.6 Å². The summed E-state index contributed by atoms with van der Waals surface area (Å²) in [6.45, 7) is 1.60. The molecule has 2 heterocycles. The number of hydrogen-bond acceptors (Lipinski definition) is 4. The minimum absolute atomic E-state index is 0.0419. The highest BCUT2D eigenvalue weighted by Gasteiger charge is 2.24. The van der Waals surface area contributed by atoms with E-state index in [0.29, 0.717) is 12.5 Å². The first kappa shape index (κ1) is 12.3. The monoisotopic (exact) mass is 261 g/mol. The van der Waals surface area contributed by atoms with Gasteiger partial charge in [-0.05, 0) is 30.5 Å². The summed E-state index contributed by atoms with van der Waals surface area (Å²) in [6, 6.07) is 4.36. The molecular formula is C14H19N3O2. The first-order valence-electron chi connectivity index (χ1n) is 6.68. The van der Waals surface area contributed by atoms with Crippen LogP contribution in [-0.4, -0.2) is 32.2 Å². The van der Waals surface area contributed by atoms with E-state index < -0.39 is 0 Å². The summed E-state index contributed by atoms with van der Waals surface area (Å²) in [5, 5.41) is 2.88. The highest BCUT2D eigenvalue weighted by Crippen LogP contribution is 2.35. The Kier molecular flexibility index (Phi) is 3.06. The van der Waals surface area contributed by atoms with Gasteiger partial charge in [-0.2, -0.15) is 0 Å². The van der Waals surface area contributed by atoms with Crippen molar-refractivity contribution in [3.05, 3.63) is 17.7 Å². The van der Waals surface area contributed by atoms with E-state index in [9.17, 15) is 4.79 Å². The fourth-order valence-corrected chi connectivity index (χ4v) is 2.86. The maximum atomic E-state index is 11.4. The van der Waals surface area contributed by atoms with Crippen molar-refractivity contribution in [1.29, 1.82) is 0 Å². The molecule has 0 bridgehead atoms. The normalized spacial score (nSPS) is 19.1. The first-order valence-corrected chi connectivity index (χ1v) is 6.68. The zero-order valence-corrected chi connectivity index (χ0v) is 11.1. The number of nitrogen functional groups attached to an aromatic ring is 1. The Bertz CT molecular complexity index is 510. The molecule has 2 aliphatic heterocycles. The van der Waals surface area contributed by atoms with E-state index in [0.717, 1.165) is 48.7 Å². The number of hydrogen-bond donors (Lipinski definition) is 2. The zero-order chi connectivity index (χ0) is 13.4. The Morgan fingerprint density at radius 2 is 2.11 bits per heavy atom. The molecule has 0 aliphatic carbocycles. The Morgan fingerprint density at radius 1 is 1.37 bits per heavy atom. The summed E-state index contributed by atoms with van der Waals surface area (Å²) in [6.07, 6.45) is 2.46. The molecule has 19 heavy (non-hydrogen) atoms. The van der Waals surface area contributed by atoms with Gasteiger partial charge in [0.05, 0.1) is 17.8 Å². The van der Waals surface area contributed by atoms with Crippen LogP contribution in [-0.2, 0) is 16.0 Å². The fraction of sp³-hybridized carbons (Fsp3) is 0.500. The van der Waals surface area contributed by atoms with Crippen LogP contribution in [0.25, 0.3) is 0 Å². The van der Waals surface area contributed by atoms with E-state index in [1.54, 1.807) is 0 Å². The molecule has 2 aliphatic rings. The number of nitrogens with two attached hydrogens (primary N) is 1. The maximum absolute atomic E-state index is 11.4. The fourth-order valence-electron chi connectivity index (χ4n) is 2.86. The quantitative estimate of drug-likeness (QED) is 0.789. The van der Waals surface area contributed by atoms with Gasteiger partial charge in [-0.25, -0.2) is 0 Å². The lowest BCUT2D eigenvalue weighted by molar-refractivity contribution is -0.115. The molecular weight excluding hydrogens is 242 g/mol. The van der Waals surface area contributed by atoms with E-state index in [2.05, 4.69) is 17.3 Å². The predicted octanol–water partition coefficient (Wildman–Crippen LogP) is 1.38. The molecule has 1 saturated heterocycles. The van der Waals surface area contributed by atoms with Crippen molar-refractivity contribution in [2.45, 2.75) is 25.3 Å². The number of carbonyl (C=O) groups is 1. The first-order chi connectivity index (χ1) is 9.15. The van der Waals surface area contributed by atoms with Gasteiger partial charge in [-0.3, -0.25) is 4.79 Å². The lowest BCUT2D eigenvalue weighted by Gasteiger charge is -2.33. The molecule has 0 spiro atoms. The molecule has 1 aromatic carbocycles. The number of carbonyl (C=O) groups excluding carboxylic acids is 1. The lowest BCUT2D eigenvalue weighted by Crippen LogP contribution is -2.37. The van der Waals surface area contributed by atoms with Crippen molar-refractivity contribution < 1.29 is 9.53 Å². The molecule has 0 radical (unpaired) electrons. The molecule has 1 amide bonds. The van der Waals surface area contributed by atoms with Gasteiger partial charge in [0.25, 0.3) is 0 Å². The number of anilines is 3. The molecule has 5 heteroatoms. The zero-order valence-electron chi connectivity index (χ0n) is 11.1. The number of amides is 1. The summed E-state index contributed by atoms with van der Waals surface area (Å²) in [4.78, 5) is 13.6. The summed E-state index contributed by atoms with van der Waals surface area (Å²) >= 11 is 0. The summed E-state index contributed by atoms with van der Waals surface area (Å²) in [5.74, 6) is 0.0419. The molecule has 1 aromatic rings. The van der Waals surface area contributed by atoms with Crippen molar-refractivity contribution >= 4 is 23.0 Å². The largest absolute Gasteiger partial charge is 0.397 e. The van der Waals surface area contributed by atoms with Gasteiger partial charge in [0.1, 0.15) is 0 Å². The van der Waals surface area contributed by atoms with Crippen LogP contribution < -0.4 is 16.0 Å². The van der Waals surface area contributed by atoms with Gasteiger partial charge < -0.3 is 20.7 Å². The predicted molar refractivity (Wildman–Crippen MR) is 75.4 cm³/mol. The molecule has 5 nitrogen and oxygen atoms in total. The summed E-state index contributed by atoms with van der Waals surface area (Å²) in [5.41, 5.74) is 9.76. The third-order valence-corrected chi connectivity index (χ3v) is 4.00. The molecule has 0 saturated carbocycles. The van der Waals surface area contributed by atoms with Gasteiger partial charge in [0.2, 0.25) is 5.91 Å². The van der Waals surface area contributed by atoms with E-state index in [1.807, 2.05) is 12.1 Å². The van der Waals surface area contributed by atoms with Crippen molar-refractivity contribution in [2.24, 2.45) is 0 Å². The molecule has 0 aromatic heterocycles. The smallest absolute Gasteiger partial charge is 0.228 e. The van der Waals surface area contributed by atoms with Crippen LogP contribution in [0.15, 0.2) is 12.1 Å². The third kappa shape index (κ3) is 2.26. The Balaban J connectivity index is 1.88. The summed E-state index contributed by atoms with van der Waals surface area (Å²) in [7, 11) is 2.06. The highest BCUT2D eigenvalue weighted by atomic mass is 16.5. The van der Waals surface area contributed by atoms with Crippen LogP contribution in [0.1, 0.15) is 18.4 Å². The molecule has 3 N–H and O–H groups in total. The standard InChI is InChI=1S/C14H19N3O2/c1-17(10-2-4-19-5-3-10)13-8-12-9(6-11(13)15)7-14(18)16-12/h6,8,10H,2-5,7,15H2,1H3,(H,16,18). The Labute approximate surface area is 112 Å². The van der Waals surface area contributed by atoms with Gasteiger partial charge >= 0.3 is 0 Å². The second kappa shape index (κ2) is 4.74. The molecule has 1 fully saturated rings. The Morgan fingerprint density at radius 3 is 2.84 bits per heavy atom. The van der Waals surface area contributed by atoms with Gasteiger partial charge in [0, 0.05) is 32.0 Å². The van der Waals surface area contributed by atoms with Gasteiger partial charge in [-0.15, -0.1) is 0 Å². The minimum Gasteiger partial charge on any atom is -0.397 e. The average molecular weight is 261 g/mol. The highest BCUT2D eigenvalue weighted by molar-refractivity contribution is 6.00. The van der Waals surface area contributed by atoms with Crippen LogP contribution in [0.3, 0.4) is 0 Å². The van der Waals surface area contributed by atoms with E-state index >= 15 is 0 Å². The number of ether oxygens (including phenoxy) is 1. The second-order valence-electron chi connectivity index (χ2n) is 5.25. The number of nitrogens with one attached hydrogen (secondary N) is 1. The maximum Gasteiger partial charge on any atom is 0.228 e. The average Bonchev–Trinajstić information content (AvgIpc) is 2.77. The molecule has 0 unspecified atom stereocenters. The van der Waals surface area contributed by atoms with Crippen LogP contribution in [0.2, 0.25) is 0 Å². The van der Waals surface area contributed by atoms with Crippen molar-refractivity contribution in [3.8, 4) is 0 Å². The summed E-state index contributed by atoms with van der Waals surface area (Å²) < 4.78 is 5.39. The number of nitrogens with zero attached hydrogens (tertiary/aromatic N) is 1. The van der Waals surface area contributed by atoms with Crippen LogP contribution in [0.4, 0.5) is 17.1 Å².